The number of ether oxygens (including phenoxy) is 4. The topological polar surface area (TPSA) is 87.3 Å². The molecular formula is C20H27N3O4. The zero-order chi connectivity index (χ0) is 19.5. The van der Waals surface area contributed by atoms with E-state index in [9.17, 15) is 0 Å². The molecule has 2 aromatic rings. The minimum absolute atomic E-state index is 0.380. The van der Waals surface area contributed by atoms with E-state index in [2.05, 4.69) is 10.3 Å². The number of rotatable bonds is 10. The molecule has 2 rings (SSSR count). The lowest BCUT2D eigenvalue weighted by molar-refractivity contribution is 0.146. The lowest BCUT2D eigenvalue weighted by Crippen LogP contribution is -2.31. The van der Waals surface area contributed by atoms with Crippen LogP contribution in [0.25, 0.3) is 0 Å². The number of benzene rings is 2. The number of nitrogens with two attached hydrogens (primary N) is 1. The maximum absolute atomic E-state index is 5.95. The largest absolute Gasteiger partial charge is 0.493 e. The number of nitrogens with zero attached hydrogens (tertiary/aromatic N) is 1. The molecule has 0 radical (unpaired) electrons. The van der Waals surface area contributed by atoms with Crippen molar-refractivity contribution in [1.82, 2.24) is 5.32 Å². The van der Waals surface area contributed by atoms with E-state index in [-0.39, 0.29) is 0 Å². The van der Waals surface area contributed by atoms with E-state index in [0.717, 1.165) is 16.9 Å². The molecule has 0 aromatic heterocycles. The highest BCUT2D eigenvalue weighted by atomic mass is 16.5. The molecule has 0 heterocycles. The summed E-state index contributed by atoms with van der Waals surface area (Å²) >= 11 is 0. The lowest BCUT2D eigenvalue weighted by Gasteiger charge is -2.10. The van der Waals surface area contributed by atoms with Gasteiger partial charge in [-0.25, -0.2) is 4.99 Å². The minimum Gasteiger partial charge on any atom is -0.493 e. The number of nitrogens with one attached hydrogen (secondary N) is 1. The molecule has 27 heavy (non-hydrogen) atoms. The molecule has 7 heteroatoms. The van der Waals surface area contributed by atoms with Crippen LogP contribution in [0.5, 0.6) is 17.2 Å². The maximum Gasteiger partial charge on any atom is 0.189 e. The Bertz CT molecular complexity index is 733. The second-order valence-electron chi connectivity index (χ2n) is 5.73. The van der Waals surface area contributed by atoms with Crippen LogP contribution in [0.3, 0.4) is 0 Å². The van der Waals surface area contributed by atoms with Gasteiger partial charge in [0.2, 0.25) is 0 Å². The van der Waals surface area contributed by atoms with Gasteiger partial charge in [0.25, 0.3) is 0 Å². The van der Waals surface area contributed by atoms with Gasteiger partial charge in [-0.2, -0.15) is 0 Å². The Morgan fingerprint density at radius 3 is 2.30 bits per heavy atom. The average Bonchev–Trinajstić information content (AvgIpc) is 2.71. The van der Waals surface area contributed by atoms with Gasteiger partial charge in [0, 0.05) is 13.7 Å². The maximum atomic E-state index is 5.95. The molecule has 0 saturated heterocycles. The summed E-state index contributed by atoms with van der Waals surface area (Å²) in [5.74, 6) is 2.55. The van der Waals surface area contributed by atoms with E-state index in [0.29, 0.717) is 43.8 Å². The fraction of sp³-hybridized carbons (Fsp3) is 0.350. The molecule has 3 N–H and O–H groups in total. The summed E-state index contributed by atoms with van der Waals surface area (Å²) in [6.45, 7) is 2.13. The van der Waals surface area contributed by atoms with Crippen molar-refractivity contribution in [1.29, 1.82) is 0 Å². The van der Waals surface area contributed by atoms with Gasteiger partial charge in [0.1, 0.15) is 12.4 Å². The first-order chi connectivity index (χ1) is 13.2. The molecule has 0 bridgehead atoms. The average molecular weight is 373 g/mol. The van der Waals surface area contributed by atoms with Crippen LogP contribution >= 0.6 is 0 Å². The van der Waals surface area contributed by atoms with Crippen molar-refractivity contribution in [2.45, 2.75) is 13.1 Å². The quantitative estimate of drug-likeness (QED) is 0.378. The Balaban J connectivity index is 1.83. The van der Waals surface area contributed by atoms with E-state index in [1.807, 2.05) is 42.5 Å². The molecule has 0 unspecified atom stereocenters. The van der Waals surface area contributed by atoms with Gasteiger partial charge >= 0.3 is 0 Å². The van der Waals surface area contributed by atoms with Crippen LogP contribution in [0.4, 0.5) is 0 Å². The van der Waals surface area contributed by atoms with Crippen molar-refractivity contribution in [2.75, 3.05) is 34.5 Å². The first-order valence-corrected chi connectivity index (χ1v) is 8.61. The number of methoxy groups -OCH3 is 3. The molecule has 0 aliphatic rings. The van der Waals surface area contributed by atoms with Gasteiger partial charge in [-0.05, 0) is 35.4 Å². The SMILES string of the molecule is COCCOc1ccc(CNC(N)=NCc2ccc(OC)c(OC)c2)cc1. The predicted molar refractivity (Wildman–Crippen MR) is 106 cm³/mol. The smallest absolute Gasteiger partial charge is 0.189 e. The molecule has 0 fully saturated rings. The number of hydrogen-bond acceptors (Lipinski definition) is 5. The zero-order valence-electron chi connectivity index (χ0n) is 16.0. The Hall–Kier alpha value is -2.93. The van der Waals surface area contributed by atoms with Crippen LogP contribution in [0.2, 0.25) is 0 Å². The molecule has 0 amide bonds. The highest BCUT2D eigenvalue weighted by Gasteiger charge is 2.04. The van der Waals surface area contributed by atoms with E-state index in [1.165, 1.54) is 0 Å². The Morgan fingerprint density at radius 1 is 0.926 bits per heavy atom. The fourth-order valence-electron chi connectivity index (χ4n) is 2.35. The standard InChI is InChI=1S/C20H27N3O4/c1-24-10-11-27-17-7-4-15(5-8-17)13-22-20(21)23-14-16-6-9-18(25-2)19(12-16)26-3/h4-9,12H,10-11,13-14H2,1-3H3,(H3,21,22,23). The number of hydrogen-bond donors (Lipinski definition) is 2. The minimum atomic E-state index is 0.380. The summed E-state index contributed by atoms with van der Waals surface area (Å²) in [4.78, 5) is 4.36. The van der Waals surface area contributed by atoms with Crippen molar-refractivity contribution in [3.05, 3.63) is 53.6 Å². The van der Waals surface area contributed by atoms with Crippen molar-refractivity contribution >= 4 is 5.96 Å². The second-order valence-corrected chi connectivity index (χ2v) is 5.73. The van der Waals surface area contributed by atoms with E-state index in [4.69, 9.17) is 24.7 Å². The van der Waals surface area contributed by atoms with Crippen LogP contribution in [-0.2, 0) is 17.8 Å². The Labute approximate surface area is 160 Å². The van der Waals surface area contributed by atoms with Crippen LogP contribution < -0.4 is 25.3 Å². The monoisotopic (exact) mass is 373 g/mol. The van der Waals surface area contributed by atoms with E-state index in [1.54, 1.807) is 21.3 Å². The molecule has 146 valence electrons. The first kappa shape index (κ1) is 20.4. The molecule has 7 nitrogen and oxygen atoms in total. The third-order valence-electron chi connectivity index (χ3n) is 3.83. The highest BCUT2D eigenvalue weighted by Crippen LogP contribution is 2.27. The molecule has 0 spiro atoms. The third kappa shape index (κ3) is 6.71. The van der Waals surface area contributed by atoms with Crippen molar-refractivity contribution in [2.24, 2.45) is 10.7 Å². The third-order valence-corrected chi connectivity index (χ3v) is 3.83. The molecule has 0 aliphatic heterocycles. The summed E-state index contributed by atoms with van der Waals surface area (Å²) in [7, 11) is 4.86. The molecule has 2 aromatic carbocycles. The van der Waals surface area contributed by atoms with Gasteiger partial charge in [-0.1, -0.05) is 18.2 Å². The lowest BCUT2D eigenvalue weighted by atomic mass is 10.2. The number of aliphatic imine (C=N–C) groups is 1. The molecular weight excluding hydrogens is 346 g/mol. The van der Waals surface area contributed by atoms with Crippen LogP contribution in [0.1, 0.15) is 11.1 Å². The van der Waals surface area contributed by atoms with Gasteiger partial charge in [-0.15, -0.1) is 0 Å². The van der Waals surface area contributed by atoms with Gasteiger partial charge in [0.05, 0.1) is 27.4 Å². The van der Waals surface area contributed by atoms with Gasteiger partial charge in [0.15, 0.2) is 17.5 Å². The van der Waals surface area contributed by atoms with Gasteiger partial charge < -0.3 is 30.0 Å². The van der Waals surface area contributed by atoms with Crippen molar-refractivity contribution in [3.8, 4) is 17.2 Å². The molecule has 0 atom stereocenters. The van der Waals surface area contributed by atoms with Crippen molar-refractivity contribution in [3.63, 3.8) is 0 Å². The van der Waals surface area contributed by atoms with E-state index >= 15 is 0 Å². The number of guanidine groups is 1. The summed E-state index contributed by atoms with van der Waals surface area (Å²) in [5.41, 5.74) is 8.01. The summed E-state index contributed by atoms with van der Waals surface area (Å²) in [5, 5.41) is 3.10. The Morgan fingerprint density at radius 2 is 1.63 bits per heavy atom. The summed E-state index contributed by atoms with van der Waals surface area (Å²) < 4.78 is 21.0. The molecule has 0 saturated carbocycles. The predicted octanol–water partition coefficient (Wildman–Crippen LogP) is 2.33. The normalized spacial score (nSPS) is 11.1. The fourth-order valence-corrected chi connectivity index (χ4v) is 2.35. The summed E-state index contributed by atoms with van der Waals surface area (Å²) in [6, 6.07) is 13.5. The van der Waals surface area contributed by atoms with Gasteiger partial charge in [-0.3, -0.25) is 0 Å². The van der Waals surface area contributed by atoms with E-state index < -0.39 is 0 Å². The van der Waals surface area contributed by atoms with Crippen molar-refractivity contribution < 1.29 is 18.9 Å². The zero-order valence-corrected chi connectivity index (χ0v) is 16.0. The van der Waals surface area contributed by atoms with Crippen LogP contribution in [0.15, 0.2) is 47.5 Å². The highest BCUT2D eigenvalue weighted by molar-refractivity contribution is 5.77. The first-order valence-electron chi connectivity index (χ1n) is 8.61. The van der Waals surface area contributed by atoms with Crippen LogP contribution in [-0.4, -0.2) is 40.5 Å². The Kier molecular flexibility index (Phi) is 8.25. The second kappa shape index (κ2) is 10.9. The van der Waals surface area contributed by atoms with Crippen LogP contribution in [0, 0.1) is 0 Å². The summed E-state index contributed by atoms with van der Waals surface area (Å²) in [6.07, 6.45) is 0. The molecule has 0 aliphatic carbocycles.